The fraction of sp³-hybridized carbons (Fsp3) is 0.0526. The molecular formula is C76H56N4OSi. The van der Waals surface area contributed by atoms with Crippen LogP contribution in [0.3, 0.4) is 0 Å². The molecule has 4 heterocycles. The van der Waals surface area contributed by atoms with Crippen molar-refractivity contribution in [3.63, 3.8) is 0 Å². The molecule has 0 aliphatic carbocycles. The van der Waals surface area contributed by atoms with Crippen molar-refractivity contribution in [3.05, 3.63) is 297 Å². The van der Waals surface area contributed by atoms with Gasteiger partial charge in [0.05, 0.1) is 60.9 Å². The molecule has 0 N–H and O–H groups in total. The molecular weight excluding hydrogens is 1010 g/mol. The number of rotatable bonds is 9. The third-order valence-electron chi connectivity index (χ3n) is 15.4. The first kappa shape index (κ1) is 32.2. The fourth-order valence-electron chi connectivity index (χ4n) is 11.7. The molecule has 0 saturated carbocycles. The van der Waals surface area contributed by atoms with Crippen molar-refractivity contribution in [1.82, 2.24) is 14.1 Å². The van der Waals surface area contributed by atoms with Gasteiger partial charge in [0.25, 0.3) is 6.33 Å². The molecule has 0 radical (unpaired) electrons. The summed E-state index contributed by atoms with van der Waals surface area (Å²) in [5, 5.41) is -0.397. The maximum absolute atomic E-state index is 10.1. The second-order valence-electron chi connectivity index (χ2n) is 21.0. The highest BCUT2D eigenvalue weighted by Gasteiger charge is 2.42. The van der Waals surface area contributed by atoms with Gasteiger partial charge in [0.2, 0.25) is 0 Å². The van der Waals surface area contributed by atoms with Crippen molar-refractivity contribution in [2.45, 2.75) is 26.2 Å². The van der Waals surface area contributed by atoms with E-state index in [2.05, 4.69) is 37.7 Å². The highest BCUT2D eigenvalue weighted by atomic mass is 28.3. The number of fused-ring (bicyclic) bond motifs is 10. The van der Waals surface area contributed by atoms with E-state index in [0.717, 1.165) is 27.4 Å². The minimum Gasteiger partial charge on any atom is -0.458 e. The van der Waals surface area contributed by atoms with Crippen molar-refractivity contribution in [2.75, 3.05) is 0 Å². The van der Waals surface area contributed by atoms with Crippen LogP contribution in [0.15, 0.2) is 285 Å². The summed E-state index contributed by atoms with van der Waals surface area (Å²) >= 11 is 0. The molecule has 82 heavy (non-hydrogen) atoms. The Balaban J connectivity index is 1.13. The number of hydrogen-bond donors (Lipinski definition) is 0. The second-order valence-corrected chi connectivity index (χ2v) is 24.6. The zero-order chi connectivity index (χ0) is 72.3. The van der Waals surface area contributed by atoms with Crippen molar-refractivity contribution in [3.8, 4) is 73.2 Å². The van der Waals surface area contributed by atoms with E-state index in [-0.39, 0.29) is 49.8 Å². The van der Waals surface area contributed by atoms with Crippen molar-refractivity contribution < 1.29 is 36.7 Å². The lowest BCUT2D eigenvalue weighted by Gasteiger charge is -2.35. The highest BCUT2D eigenvalue weighted by molar-refractivity contribution is 7.20. The molecule has 11 aromatic carbocycles. The van der Waals surface area contributed by atoms with Crippen LogP contribution in [0.25, 0.3) is 94.5 Å². The Kier molecular flexibility index (Phi) is 7.69. The van der Waals surface area contributed by atoms with E-state index >= 15 is 0 Å². The second kappa shape index (κ2) is 19.6. The fourth-order valence-corrected chi connectivity index (χ4v) is 15.5. The van der Waals surface area contributed by atoms with Gasteiger partial charge in [-0.1, -0.05) is 245 Å². The van der Waals surface area contributed by atoms with Crippen LogP contribution in [0, 0.1) is 6.33 Å². The molecule has 0 bridgehead atoms. The number of aromatic nitrogens is 4. The first-order chi connectivity index (χ1) is 48.6. The van der Waals surface area contributed by atoms with Gasteiger partial charge < -0.3 is 4.74 Å². The van der Waals surface area contributed by atoms with Crippen molar-refractivity contribution in [1.29, 1.82) is 0 Å². The van der Waals surface area contributed by atoms with Gasteiger partial charge in [0.15, 0.2) is 8.07 Å². The molecule has 0 fully saturated rings. The maximum atomic E-state index is 10.1. The predicted octanol–water partition coefficient (Wildman–Crippen LogP) is 15.6. The average Bonchev–Trinajstić information content (AvgIpc) is 0.786. The predicted molar refractivity (Wildman–Crippen MR) is 340 cm³/mol. The van der Waals surface area contributed by atoms with Crippen LogP contribution in [-0.2, 0) is 5.41 Å². The molecule has 1 aliphatic heterocycles. The standard InChI is InChI=1S/C76H56N4OSi/c1-76(2,3)53-44-45-77-73(46-53)80-70-41-21-20-38-66(70)67-43-42-56(48-71(67)80)81-55-27-22-26-54(47-55)78-51-79-74-61(52-24-8-4-9-25-52)39-23-40-68(74)64-36-18-16-34-62(64)63-35-17-19-37-65(63)69-49-60(50-72(78)75(69)79)82(57-28-10-5-11-29-57,58-30-12-6-13-31-58)59-32-14-7-15-33-59/h4-50H,1-3H3/i4D,5D,6D,7D,8D,9D,10D,11D,12D,13D,14D,15D,24D,25D,28D,29D,30D,31D,32D,33D. The van der Waals surface area contributed by atoms with E-state index in [1.807, 2.05) is 84.9 Å². The highest BCUT2D eigenvalue weighted by Crippen LogP contribution is 2.45. The first-order valence-electron chi connectivity index (χ1n) is 36.5. The summed E-state index contributed by atoms with van der Waals surface area (Å²) in [6.45, 7) is 6.40. The number of imidazole rings is 1. The minimum absolute atomic E-state index is 0.0992. The average molecular weight is 1090 g/mol. The van der Waals surface area contributed by atoms with E-state index < -0.39 is 144 Å². The number of para-hydroxylation sites is 2. The van der Waals surface area contributed by atoms with Gasteiger partial charge in [0, 0.05) is 23.0 Å². The molecule has 0 atom stereocenters. The maximum Gasteiger partial charge on any atom is 0.269 e. The molecule has 0 saturated heterocycles. The molecule has 390 valence electrons. The smallest absolute Gasteiger partial charge is 0.269 e. The van der Waals surface area contributed by atoms with Gasteiger partial charge >= 0.3 is 0 Å². The molecule has 6 heteroatoms. The quantitative estimate of drug-likeness (QED) is 0.0625. The number of hydrogen-bond acceptors (Lipinski definition) is 2. The van der Waals surface area contributed by atoms with Gasteiger partial charge in [-0.2, -0.15) is 0 Å². The van der Waals surface area contributed by atoms with Crippen LogP contribution >= 0.6 is 0 Å². The van der Waals surface area contributed by atoms with E-state index in [9.17, 15) is 19.2 Å². The SMILES string of the molecule is [2H]c1c([2H])c([2H])c(-c2cccc3c2-[n+]2[c-]n(-c4cccc(Oc5ccc6c7ccccc7n(-c7cc(C(C)(C)C)ccn7)c6c5)c4)c4cc([Si](c5c([2H])c([2H])c([2H])c([2H])c5[2H])(c5c([2H])c([2H])c([2H])c([2H])c5[2H])c5c([2H])c([2H])c([2H])c([2H])c5[2H])cc(c42)-c2ccccc2-c2ccccc2-3)c([2H])c1[2H]. The molecule has 3 aromatic heterocycles. The number of ether oxygens (including phenoxy) is 1. The van der Waals surface area contributed by atoms with Crippen LogP contribution in [-0.4, -0.2) is 22.2 Å². The molecule has 15 rings (SSSR count). The molecule has 0 spiro atoms. The Hall–Kier alpha value is -10.1. The topological polar surface area (TPSA) is 35.9 Å². The third-order valence-corrected chi connectivity index (χ3v) is 19.5. The summed E-state index contributed by atoms with van der Waals surface area (Å²) in [6.07, 6.45) is 5.41. The number of pyridine rings is 1. The van der Waals surface area contributed by atoms with Crippen LogP contribution in [0.2, 0.25) is 0 Å². The monoisotopic (exact) mass is 1090 g/mol. The first-order valence-corrected chi connectivity index (χ1v) is 28.5. The summed E-state index contributed by atoms with van der Waals surface area (Å²) in [5.74, 6) is 1.38. The van der Waals surface area contributed by atoms with E-state index in [1.165, 1.54) is 6.07 Å². The number of nitrogens with zero attached hydrogens (tertiary/aromatic N) is 4. The van der Waals surface area contributed by atoms with E-state index in [0.29, 0.717) is 45.1 Å². The third kappa shape index (κ3) is 7.97. The summed E-state index contributed by atoms with van der Waals surface area (Å²) in [4.78, 5) is 4.87. The Morgan fingerprint density at radius 2 is 1.01 bits per heavy atom. The summed E-state index contributed by atoms with van der Waals surface area (Å²) in [5.41, 5.74) is 6.26. The Bertz CT molecular complexity index is 5740. The largest absolute Gasteiger partial charge is 0.458 e. The van der Waals surface area contributed by atoms with Gasteiger partial charge in [-0.15, -0.1) is 0 Å². The minimum atomic E-state index is -5.89. The van der Waals surface area contributed by atoms with Crippen molar-refractivity contribution >= 4 is 61.7 Å². The van der Waals surface area contributed by atoms with Crippen LogP contribution in [0.5, 0.6) is 11.5 Å². The molecule has 1 aliphatic rings. The summed E-state index contributed by atoms with van der Waals surface area (Å²) < 4.78 is 202. The van der Waals surface area contributed by atoms with Gasteiger partial charge in [-0.3, -0.25) is 13.7 Å². The molecule has 0 unspecified atom stereocenters. The summed E-state index contributed by atoms with van der Waals surface area (Å²) in [6, 6.07) is 30.7. The Labute approximate surface area is 507 Å². The zero-order valence-electron chi connectivity index (χ0n) is 64.3. The van der Waals surface area contributed by atoms with Crippen LogP contribution in [0.1, 0.15) is 53.7 Å². The van der Waals surface area contributed by atoms with E-state index in [4.69, 9.17) is 17.9 Å². The molecule has 5 nitrogen and oxygen atoms in total. The van der Waals surface area contributed by atoms with Crippen LogP contribution in [0.4, 0.5) is 0 Å². The molecule has 14 aromatic rings. The van der Waals surface area contributed by atoms with Gasteiger partial charge in [-0.25, -0.2) is 4.98 Å². The molecule has 0 amide bonds. The number of benzene rings is 11. The lowest BCUT2D eigenvalue weighted by Crippen LogP contribution is -2.74. The van der Waals surface area contributed by atoms with E-state index in [1.54, 1.807) is 76.0 Å². The Morgan fingerprint density at radius 1 is 0.463 bits per heavy atom. The van der Waals surface area contributed by atoms with Crippen LogP contribution < -0.4 is 30.1 Å². The summed E-state index contributed by atoms with van der Waals surface area (Å²) in [7, 11) is -5.89. The zero-order valence-corrected chi connectivity index (χ0v) is 45.3. The lowest BCUT2D eigenvalue weighted by molar-refractivity contribution is -0.570. The normalized spacial score (nSPS) is 15.5. The lowest BCUT2D eigenvalue weighted by atomic mass is 9.88. The van der Waals surface area contributed by atoms with Crippen molar-refractivity contribution in [2.24, 2.45) is 0 Å². The van der Waals surface area contributed by atoms with Gasteiger partial charge in [-0.05, 0) is 125 Å². The van der Waals surface area contributed by atoms with Gasteiger partial charge in [0.1, 0.15) is 17.3 Å². The Morgan fingerprint density at radius 3 is 1.67 bits per heavy atom.